The number of aromatic nitrogens is 4. The van der Waals surface area contributed by atoms with Gasteiger partial charge in [0.1, 0.15) is 11.6 Å². The molecule has 2 aromatic rings. The van der Waals surface area contributed by atoms with Crippen molar-refractivity contribution in [1.82, 2.24) is 25.3 Å². The van der Waals surface area contributed by atoms with Gasteiger partial charge < -0.3 is 10.6 Å². The molecular weight excluding hydrogens is 228 g/mol. The Morgan fingerprint density at radius 3 is 2.83 bits per heavy atom. The summed E-state index contributed by atoms with van der Waals surface area (Å²) >= 11 is 0. The van der Waals surface area contributed by atoms with Crippen LogP contribution < -0.4 is 10.6 Å². The van der Waals surface area contributed by atoms with Gasteiger partial charge in [0.15, 0.2) is 0 Å². The molecule has 1 saturated heterocycles. The van der Waals surface area contributed by atoms with Crippen LogP contribution in [0.15, 0.2) is 31.0 Å². The summed E-state index contributed by atoms with van der Waals surface area (Å²) in [5, 5.41) is 6.50. The van der Waals surface area contributed by atoms with Gasteiger partial charge in [-0.2, -0.15) is 0 Å². The Labute approximate surface area is 105 Å². The highest BCUT2D eigenvalue weighted by molar-refractivity contribution is 5.48. The van der Waals surface area contributed by atoms with Crippen molar-refractivity contribution in [2.75, 3.05) is 11.9 Å². The minimum atomic E-state index is 0.320. The van der Waals surface area contributed by atoms with Crippen molar-refractivity contribution < 1.29 is 0 Å². The first-order valence-corrected chi connectivity index (χ1v) is 6.00. The third-order valence-corrected chi connectivity index (χ3v) is 2.89. The molecule has 0 radical (unpaired) electrons. The molecule has 0 amide bonds. The summed E-state index contributed by atoms with van der Waals surface area (Å²) in [6, 6.07) is 0.320. The molecule has 1 aliphatic rings. The second-order valence-corrected chi connectivity index (χ2v) is 4.19. The van der Waals surface area contributed by atoms with Crippen LogP contribution in [0.5, 0.6) is 0 Å². The Kier molecular flexibility index (Phi) is 3.10. The van der Waals surface area contributed by atoms with Gasteiger partial charge in [-0.25, -0.2) is 9.97 Å². The first-order valence-electron chi connectivity index (χ1n) is 6.00. The van der Waals surface area contributed by atoms with E-state index >= 15 is 0 Å². The van der Waals surface area contributed by atoms with Crippen molar-refractivity contribution in [3.8, 4) is 0 Å². The third kappa shape index (κ3) is 2.43. The summed E-state index contributed by atoms with van der Waals surface area (Å²) in [5.74, 6) is 1.37. The van der Waals surface area contributed by atoms with Gasteiger partial charge in [-0.05, 0) is 19.4 Å². The molecule has 0 saturated carbocycles. The van der Waals surface area contributed by atoms with Crippen LogP contribution in [0.3, 0.4) is 0 Å². The van der Waals surface area contributed by atoms with Gasteiger partial charge in [0.2, 0.25) is 0 Å². The minimum Gasteiger partial charge on any atom is -0.322 e. The molecule has 0 aliphatic carbocycles. The molecule has 92 valence electrons. The van der Waals surface area contributed by atoms with Crippen LogP contribution >= 0.6 is 0 Å². The van der Waals surface area contributed by atoms with E-state index in [-0.39, 0.29) is 0 Å². The zero-order chi connectivity index (χ0) is 12.2. The van der Waals surface area contributed by atoms with Crippen LogP contribution in [0, 0.1) is 0 Å². The van der Waals surface area contributed by atoms with Crippen molar-refractivity contribution >= 4 is 11.6 Å². The number of hydrogen-bond acceptors (Lipinski definition) is 6. The summed E-state index contributed by atoms with van der Waals surface area (Å²) in [7, 11) is 0. The van der Waals surface area contributed by atoms with Gasteiger partial charge in [-0.15, -0.1) is 0 Å². The average molecular weight is 242 g/mol. The molecule has 0 unspecified atom stereocenters. The number of nitrogens with zero attached hydrogens (tertiary/aromatic N) is 4. The first-order chi connectivity index (χ1) is 8.92. The number of anilines is 2. The van der Waals surface area contributed by atoms with Crippen molar-refractivity contribution in [2.24, 2.45) is 0 Å². The molecule has 3 heterocycles. The molecule has 0 spiro atoms. The third-order valence-electron chi connectivity index (χ3n) is 2.89. The lowest BCUT2D eigenvalue weighted by Crippen LogP contribution is -2.15. The van der Waals surface area contributed by atoms with Crippen LogP contribution in [0.25, 0.3) is 0 Å². The lowest BCUT2D eigenvalue weighted by molar-refractivity contribution is 0.625. The van der Waals surface area contributed by atoms with Crippen molar-refractivity contribution in [3.63, 3.8) is 0 Å². The Morgan fingerprint density at radius 1 is 1.11 bits per heavy atom. The van der Waals surface area contributed by atoms with Crippen molar-refractivity contribution in [1.29, 1.82) is 0 Å². The van der Waals surface area contributed by atoms with Crippen molar-refractivity contribution in [3.05, 3.63) is 36.7 Å². The SMILES string of the molecule is c1cnc(Nc2cncc([C@H]3CCCN3)n2)cn1. The second kappa shape index (κ2) is 5.05. The monoisotopic (exact) mass is 242 g/mol. The fourth-order valence-electron chi connectivity index (χ4n) is 2.04. The lowest BCUT2D eigenvalue weighted by atomic mass is 10.2. The molecular formula is C12H14N6. The van der Waals surface area contributed by atoms with E-state index in [1.165, 1.54) is 6.42 Å². The van der Waals surface area contributed by atoms with Crippen LogP contribution in [0.2, 0.25) is 0 Å². The molecule has 1 aliphatic heterocycles. The van der Waals surface area contributed by atoms with E-state index in [1.807, 2.05) is 6.20 Å². The van der Waals surface area contributed by atoms with E-state index in [0.29, 0.717) is 17.7 Å². The molecule has 2 N–H and O–H groups in total. The van der Waals surface area contributed by atoms with Crippen molar-refractivity contribution in [2.45, 2.75) is 18.9 Å². The topological polar surface area (TPSA) is 75.6 Å². The maximum absolute atomic E-state index is 4.55. The highest BCUT2D eigenvalue weighted by Crippen LogP contribution is 2.21. The van der Waals surface area contributed by atoms with Gasteiger partial charge >= 0.3 is 0 Å². The van der Waals surface area contributed by atoms with Crippen LogP contribution in [-0.2, 0) is 0 Å². The smallest absolute Gasteiger partial charge is 0.150 e. The maximum atomic E-state index is 4.55. The normalized spacial score (nSPS) is 18.8. The van der Waals surface area contributed by atoms with E-state index in [9.17, 15) is 0 Å². The second-order valence-electron chi connectivity index (χ2n) is 4.19. The molecule has 2 aromatic heterocycles. The summed E-state index contributed by atoms with van der Waals surface area (Å²) in [6.07, 6.45) is 10.7. The van der Waals surface area contributed by atoms with Crippen LogP contribution in [0.1, 0.15) is 24.6 Å². The summed E-state index contributed by atoms with van der Waals surface area (Å²) in [4.78, 5) is 16.9. The van der Waals surface area contributed by atoms with Gasteiger partial charge in [-0.3, -0.25) is 9.97 Å². The standard InChI is InChI=1S/C12H14N6/c1-2-9(15-3-1)10-6-14-8-12(17-10)18-11-7-13-4-5-16-11/h4-9,15H,1-3H2,(H,16,17,18)/t9-/m1/s1. The van der Waals surface area contributed by atoms with E-state index in [1.54, 1.807) is 24.8 Å². The Balaban J connectivity index is 1.78. The van der Waals surface area contributed by atoms with Gasteiger partial charge in [0.25, 0.3) is 0 Å². The molecule has 18 heavy (non-hydrogen) atoms. The highest BCUT2D eigenvalue weighted by atomic mass is 15.1. The van der Waals surface area contributed by atoms with Crippen LogP contribution in [0.4, 0.5) is 11.6 Å². The molecule has 6 heteroatoms. The van der Waals surface area contributed by atoms with E-state index < -0.39 is 0 Å². The van der Waals surface area contributed by atoms with Gasteiger partial charge in [0.05, 0.1) is 30.3 Å². The predicted octanol–water partition coefficient (Wildman–Crippen LogP) is 1.43. The van der Waals surface area contributed by atoms with E-state index in [2.05, 4.69) is 30.6 Å². The van der Waals surface area contributed by atoms with Crippen LogP contribution in [-0.4, -0.2) is 26.5 Å². The Morgan fingerprint density at radius 2 is 2.06 bits per heavy atom. The van der Waals surface area contributed by atoms with E-state index in [0.717, 1.165) is 18.7 Å². The fraction of sp³-hybridized carbons (Fsp3) is 0.333. The average Bonchev–Trinajstić information content (AvgIpc) is 2.94. The largest absolute Gasteiger partial charge is 0.322 e. The Bertz CT molecular complexity index is 509. The molecule has 1 atom stereocenters. The van der Waals surface area contributed by atoms with Gasteiger partial charge in [0, 0.05) is 12.4 Å². The summed E-state index contributed by atoms with van der Waals surface area (Å²) in [6.45, 7) is 1.05. The van der Waals surface area contributed by atoms with Gasteiger partial charge in [-0.1, -0.05) is 0 Å². The molecule has 1 fully saturated rings. The number of nitrogens with one attached hydrogen (secondary N) is 2. The predicted molar refractivity (Wildman–Crippen MR) is 67.3 cm³/mol. The molecule has 0 aromatic carbocycles. The quantitative estimate of drug-likeness (QED) is 0.848. The van der Waals surface area contributed by atoms with E-state index in [4.69, 9.17) is 0 Å². The fourth-order valence-corrected chi connectivity index (χ4v) is 2.04. The molecule has 3 rings (SSSR count). The zero-order valence-electron chi connectivity index (χ0n) is 9.87. The minimum absolute atomic E-state index is 0.320. The number of hydrogen-bond donors (Lipinski definition) is 2. The lowest BCUT2D eigenvalue weighted by Gasteiger charge is -2.10. The molecule has 6 nitrogen and oxygen atoms in total. The Hall–Kier alpha value is -2.08. The highest BCUT2D eigenvalue weighted by Gasteiger charge is 2.17. The first kappa shape index (κ1) is 11.0. The zero-order valence-corrected chi connectivity index (χ0v) is 9.87. The molecule has 0 bridgehead atoms. The summed E-state index contributed by atoms with van der Waals surface area (Å²) in [5.41, 5.74) is 0.974. The number of rotatable bonds is 3. The summed E-state index contributed by atoms with van der Waals surface area (Å²) < 4.78 is 0. The maximum Gasteiger partial charge on any atom is 0.150 e.